The van der Waals surface area contributed by atoms with E-state index in [1.807, 2.05) is 66.9 Å². The number of H-pyrrole nitrogens is 1. The van der Waals surface area contributed by atoms with Gasteiger partial charge in [-0.2, -0.15) is 0 Å². The monoisotopic (exact) mass is 452 g/mol. The summed E-state index contributed by atoms with van der Waals surface area (Å²) in [6, 6.07) is 17.9. The Hall–Kier alpha value is -4.52. The lowest BCUT2D eigenvalue weighted by Crippen LogP contribution is -1.97. The van der Waals surface area contributed by atoms with E-state index in [9.17, 15) is 0 Å². The first-order valence-electron chi connectivity index (χ1n) is 10.7. The smallest absolute Gasteiger partial charge is 0.141 e. The van der Waals surface area contributed by atoms with Gasteiger partial charge in [-0.1, -0.05) is 12.2 Å². The number of methoxy groups -OCH3 is 3. The summed E-state index contributed by atoms with van der Waals surface area (Å²) in [6.45, 7) is 0. The minimum Gasteiger partial charge on any atom is -0.497 e. The summed E-state index contributed by atoms with van der Waals surface area (Å²) in [4.78, 5) is 12.2. The summed E-state index contributed by atoms with van der Waals surface area (Å²) in [6.07, 6.45) is 7.47. The summed E-state index contributed by atoms with van der Waals surface area (Å²) in [5.41, 5.74) is 4.67. The fourth-order valence-electron chi connectivity index (χ4n) is 3.89. The first kappa shape index (κ1) is 21.3. The molecule has 7 nitrogen and oxygen atoms in total. The third-order valence-electron chi connectivity index (χ3n) is 5.63. The van der Waals surface area contributed by atoms with Gasteiger partial charge in [0.05, 0.1) is 26.8 Å². The van der Waals surface area contributed by atoms with Crippen LogP contribution in [0.25, 0.3) is 34.0 Å². The van der Waals surface area contributed by atoms with E-state index >= 15 is 0 Å². The van der Waals surface area contributed by atoms with E-state index < -0.39 is 0 Å². The second-order valence-electron chi connectivity index (χ2n) is 7.72. The van der Waals surface area contributed by atoms with Crippen LogP contribution in [0.2, 0.25) is 0 Å². The molecule has 2 heterocycles. The van der Waals surface area contributed by atoms with Gasteiger partial charge in [-0.3, -0.25) is 0 Å². The van der Waals surface area contributed by atoms with Crippen molar-refractivity contribution in [1.82, 2.24) is 15.0 Å². The van der Waals surface area contributed by atoms with Crippen LogP contribution in [0.5, 0.6) is 17.2 Å². The number of hydrogen-bond donors (Lipinski definition) is 2. The van der Waals surface area contributed by atoms with Gasteiger partial charge in [0.1, 0.15) is 29.4 Å². The zero-order chi connectivity index (χ0) is 23.5. The van der Waals surface area contributed by atoms with Gasteiger partial charge in [-0.15, -0.1) is 0 Å². The highest BCUT2D eigenvalue weighted by Crippen LogP contribution is 2.32. The lowest BCUT2D eigenvalue weighted by molar-refractivity contribution is 0.394. The van der Waals surface area contributed by atoms with E-state index in [0.717, 1.165) is 61.7 Å². The number of aromatic nitrogens is 3. The maximum atomic E-state index is 5.64. The van der Waals surface area contributed by atoms with Gasteiger partial charge in [0.2, 0.25) is 0 Å². The molecular formula is C27H24N4O3. The molecule has 0 saturated carbocycles. The van der Waals surface area contributed by atoms with E-state index in [2.05, 4.69) is 26.3 Å². The molecule has 2 N–H and O–H groups in total. The Kier molecular flexibility index (Phi) is 5.74. The minimum absolute atomic E-state index is 0.719. The highest BCUT2D eigenvalue weighted by molar-refractivity contribution is 5.95. The van der Waals surface area contributed by atoms with Crippen LogP contribution in [0.3, 0.4) is 0 Å². The quantitative estimate of drug-likeness (QED) is 0.293. The number of nitrogens with zero attached hydrogens (tertiary/aromatic N) is 2. The fourth-order valence-corrected chi connectivity index (χ4v) is 3.89. The van der Waals surface area contributed by atoms with E-state index in [0.29, 0.717) is 0 Å². The first-order chi connectivity index (χ1) is 16.7. The predicted octanol–water partition coefficient (Wildman–Crippen LogP) is 6.05. The Labute approximate surface area is 197 Å². The number of fused-ring (bicyclic) bond motifs is 2. The molecule has 0 bridgehead atoms. The zero-order valence-electron chi connectivity index (χ0n) is 19.1. The SMILES string of the molecule is COc1cc(/C=C/c2cc3c(Nc4ccc5[nH]ccc5c4)ncnc3cc2OC)cc(OC)c1. The topological polar surface area (TPSA) is 81.3 Å². The van der Waals surface area contributed by atoms with Gasteiger partial charge in [0, 0.05) is 45.9 Å². The molecule has 0 unspecified atom stereocenters. The number of ether oxygens (including phenoxy) is 3. The Morgan fingerprint density at radius 3 is 2.41 bits per heavy atom. The van der Waals surface area contributed by atoms with Gasteiger partial charge in [-0.25, -0.2) is 9.97 Å². The van der Waals surface area contributed by atoms with Crippen molar-refractivity contribution in [2.24, 2.45) is 0 Å². The second kappa shape index (κ2) is 9.15. The first-order valence-corrected chi connectivity index (χ1v) is 10.7. The van der Waals surface area contributed by atoms with Crippen molar-refractivity contribution in [2.75, 3.05) is 26.6 Å². The number of nitrogens with one attached hydrogen (secondary N) is 2. The third-order valence-corrected chi connectivity index (χ3v) is 5.63. The molecule has 34 heavy (non-hydrogen) atoms. The van der Waals surface area contributed by atoms with Gasteiger partial charge in [-0.05, 0) is 48.0 Å². The molecule has 3 aromatic carbocycles. The lowest BCUT2D eigenvalue weighted by atomic mass is 10.1. The maximum absolute atomic E-state index is 5.64. The molecule has 0 spiro atoms. The van der Waals surface area contributed by atoms with Crippen LogP contribution in [-0.2, 0) is 0 Å². The number of hydrogen-bond acceptors (Lipinski definition) is 6. The molecule has 2 aromatic heterocycles. The third kappa shape index (κ3) is 4.23. The van der Waals surface area contributed by atoms with Crippen LogP contribution in [0.1, 0.15) is 11.1 Å². The molecule has 5 rings (SSSR count). The molecule has 0 aliphatic heterocycles. The van der Waals surface area contributed by atoms with Crippen molar-refractivity contribution in [3.05, 3.63) is 78.2 Å². The van der Waals surface area contributed by atoms with Crippen molar-refractivity contribution in [3.8, 4) is 17.2 Å². The van der Waals surface area contributed by atoms with E-state index in [4.69, 9.17) is 14.2 Å². The number of anilines is 2. The Morgan fingerprint density at radius 1 is 0.824 bits per heavy atom. The number of aromatic amines is 1. The molecule has 0 atom stereocenters. The van der Waals surface area contributed by atoms with Gasteiger partial charge in [0.15, 0.2) is 0 Å². The molecule has 0 amide bonds. The normalized spacial score (nSPS) is 11.3. The van der Waals surface area contributed by atoms with Gasteiger partial charge < -0.3 is 24.5 Å². The molecule has 0 radical (unpaired) electrons. The second-order valence-corrected chi connectivity index (χ2v) is 7.72. The fraction of sp³-hybridized carbons (Fsp3) is 0.111. The minimum atomic E-state index is 0.719. The summed E-state index contributed by atoms with van der Waals surface area (Å²) in [5.74, 6) is 2.89. The van der Waals surface area contributed by atoms with E-state index in [-0.39, 0.29) is 0 Å². The Bertz CT molecular complexity index is 1480. The Morgan fingerprint density at radius 2 is 1.65 bits per heavy atom. The molecule has 0 aliphatic carbocycles. The van der Waals surface area contributed by atoms with Crippen molar-refractivity contribution in [1.29, 1.82) is 0 Å². The van der Waals surface area contributed by atoms with Crippen molar-refractivity contribution in [3.63, 3.8) is 0 Å². The van der Waals surface area contributed by atoms with E-state index in [1.165, 1.54) is 0 Å². The highest BCUT2D eigenvalue weighted by Gasteiger charge is 2.10. The summed E-state index contributed by atoms with van der Waals surface area (Å²) in [7, 11) is 4.92. The molecule has 0 saturated heterocycles. The summed E-state index contributed by atoms with van der Waals surface area (Å²) < 4.78 is 16.4. The molecule has 0 fully saturated rings. The standard InChI is InChI=1S/C27H24N4O3/c1-32-21-10-17(11-22(14-21)33-2)4-5-19-13-23-25(15-26(19)34-3)29-16-30-27(23)31-20-6-7-24-18(12-20)8-9-28-24/h4-16,28H,1-3H3,(H,29,30,31)/b5-4+. The van der Waals surface area contributed by atoms with Crippen molar-refractivity contribution >= 4 is 45.5 Å². The molecular weight excluding hydrogens is 428 g/mol. The van der Waals surface area contributed by atoms with Crippen LogP contribution < -0.4 is 19.5 Å². The van der Waals surface area contributed by atoms with Gasteiger partial charge >= 0.3 is 0 Å². The van der Waals surface area contributed by atoms with Crippen LogP contribution >= 0.6 is 0 Å². The average Bonchev–Trinajstić information content (AvgIpc) is 3.35. The summed E-state index contributed by atoms with van der Waals surface area (Å²) >= 11 is 0. The van der Waals surface area contributed by atoms with Crippen molar-refractivity contribution < 1.29 is 14.2 Å². The van der Waals surface area contributed by atoms with Crippen molar-refractivity contribution in [2.45, 2.75) is 0 Å². The van der Waals surface area contributed by atoms with Gasteiger partial charge in [0.25, 0.3) is 0 Å². The number of benzene rings is 3. The molecule has 170 valence electrons. The average molecular weight is 453 g/mol. The molecule has 0 aliphatic rings. The molecule has 5 aromatic rings. The molecule has 7 heteroatoms. The zero-order valence-corrected chi connectivity index (χ0v) is 19.1. The van der Waals surface area contributed by atoms with Crippen LogP contribution in [-0.4, -0.2) is 36.3 Å². The predicted molar refractivity (Wildman–Crippen MR) is 136 cm³/mol. The largest absolute Gasteiger partial charge is 0.497 e. The van der Waals surface area contributed by atoms with Crippen LogP contribution in [0.4, 0.5) is 11.5 Å². The van der Waals surface area contributed by atoms with Crippen LogP contribution in [0.15, 0.2) is 67.1 Å². The van der Waals surface area contributed by atoms with Crippen LogP contribution in [0, 0.1) is 0 Å². The lowest BCUT2D eigenvalue weighted by Gasteiger charge is -2.12. The highest BCUT2D eigenvalue weighted by atomic mass is 16.5. The summed E-state index contributed by atoms with van der Waals surface area (Å²) in [5, 5.41) is 5.45. The van der Waals surface area contributed by atoms with E-state index in [1.54, 1.807) is 27.7 Å². The maximum Gasteiger partial charge on any atom is 0.141 e. The number of rotatable bonds is 7. The Balaban J connectivity index is 1.54.